The van der Waals surface area contributed by atoms with Crippen LogP contribution in [0.2, 0.25) is 0 Å². The van der Waals surface area contributed by atoms with E-state index in [1.807, 2.05) is 29.6 Å². The molecule has 0 atom stereocenters. The van der Waals surface area contributed by atoms with Crippen LogP contribution in [0, 0.1) is 5.51 Å². The Hall–Kier alpha value is -0.670. The monoisotopic (exact) mass is 238 g/mol. The molecule has 1 aromatic carbocycles. The largest absolute Gasteiger partial charge is 0.233 e. The minimum Gasteiger partial charge on any atom is -0.233 e. The maximum atomic E-state index is 4.11. The molecule has 0 N–H and O–H groups in total. The van der Waals surface area contributed by atoms with Crippen molar-refractivity contribution < 1.29 is 0 Å². The first-order valence-corrected chi connectivity index (χ1v) is 5.11. The summed E-state index contributed by atoms with van der Waals surface area (Å²) in [5.41, 5.74) is 4.93. The van der Waals surface area contributed by atoms with Gasteiger partial charge in [0.15, 0.2) is 5.51 Å². The summed E-state index contributed by atoms with van der Waals surface area (Å²) >= 11 is 4.95. The lowest BCUT2D eigenvalue weighted by atomic mass is 10.2. The molecule has 0 bridgehead atoms. The van der Waals surface area contributed by atoms with Crippen molar-refractivity contribution in [2.45, 2.75) is 0 Å². The van der Waals surface area contributed by atoms with Gasteiger partial charge >= 0.3 is 0 Å². The maximum Gasteiger partial charge on any atom is 0.152 e. The molecule has 0 fully saturated rings. The van der Waals surface area contributed by atoms with Gasteiger partial charge in [0.2, 0.25) is 0 Å². The van der Waals surface area contributed by atoms with Gasteiger partial charge in [-0.2, -0.15) is 0 Å². The third-order valence-corrected chi connectivity index (χ3v) is 2.77. The van der Waals surface area contributed by atoms with Crippen molar-refractivity contribution in [3.8, 4) is 11.3 Å². The van der Waals surface area contributed by atoms with Crippen LogP contribution in [0.1, 0.15) is 0 Å². The first-order chi connectivity index (χ1) is 5.88. The first kappa shape index (κ1) is 7.95. The fourth-order valence-electron chi connectivity index (χ4n) is 0.977. The molecular formula is C9H5BrNS. The fourth-order valence-corrected chi connectivity index (χ4v) is 1.96. The molecule has 2 aromatic rings. The number of benzene rings is 1. The molecule has 1 aromatic heterocycles. The predicted octanol–water partition coefficient (Wildman–Crippen LogP) is 3.37. The summed E-state index contributed by atoms with van der Waals surface area (Å²) in [7, 11) is 0. The van der Waals surface area contributed by atoms with Gasteiger partial charge in [-0.3, -0.25) is 0 Å². The van der Waals surface area contributed by atoms with Gasteiger partial charge in [-0.05, 0) is 6.07 Å². The highest BCUT2D eigenvalue weighted by atomic mass is 79.9. The average molecular weight is 239 g/mol. The number of rotatable bonds is 1. The molecule has 1 radical (unpaired) electrons. The summed E-state index contributed by atoms with van der Waals surface area (Å²) in [5, 5.41) is 1.99. The standard InChI is InChI=1S/C9H5BrNS/c10-8-4-2-1-3-7(8)9-5-12-6-11-9/h1-5H. The molecule has 0 saturated carbocycles. The Labute approximate surface area is 83.2 Å². The van der Waals surface area contributed by atoms with Crippen molar-refractivity contribution in [2.75, 3.05) is 0 Å². The molecule has 3 heteroatoms. The second kappa shape index (κ2) is 3.37. The summed E-state index contributed by atoms with van der Waals surface area (Å²) in [5.74, 6) is 0. The van der Waals surface area contributed by atoms with E-state index in [1.165, 1.54) is 11.3 Å². The molecule has 0 aliphatic heterocycles. The number of thiazole rings is 1. The van der Waals surface area contributed by atoms with E-state index in [9.17, 15) is 0 Å². The normalized spacial score (nSPS) is 10.1. The van der Waals surface area contributed by atoms with Crippen molar-refractivity contribution in [3.63, 3.8) is 0 Å². The molecule has 0 saturated heterocycles. The third kappa shape index (κ3) is 1.42. The lowest BCUT2D eigenvalue weighted by Gasteiger charge is -1.98. The molecule has 0 unspecified atom stereocenters. The predicted molar refractivity (Wildman–Crippen MR) is 54.1 cm³/mol. The molecular weight excluding hydrogens is 234 g/mol. The number of hydrogen-bond donors (Lipinski definition) is 0. The minimum absolute atomic E-state index is 0.979. The number of nitrogens with zero attached hydrogens (tertiary/aromatic N) is 1. The van der Waals surface area contributed by atoms with E-state index in [4.69, 9.17) is 0 Å². The van der Waals surface area contributed by atoms with Crippen LogP contribution in [0.4, 0.5) is 0 Å². The van der Waals surface area contributed by atoms with Crippen LogP contribution in [0.25, 0.3) is 11.3 Å². The zero-order valence-electron chi connectivity index (χ0n) is 6.12. The summed E-state index contributed by atoms with van der Waals surface area (Å²) in [6.07, 6.45) is 0. The smallest absolute Gasteiger partial charge is 0.152 e. The van der Waals surface area contributed by atoms with Gasteiger partial charge in [0.05, 0.1) is 5.69 Å². The van der Waals surface area contributed by atoms with E-state index in [0.29, 0.717) is 0 Å². The zero-order chi connectivity index (χ0) is 8.39. The second-order valence-electron chi connectivity index (χ2n) is 2.30. The highest BCUT2D eigenvalue weighted by molar-refractivity contribution is 9.10. The van der Waals surface area contributed by atoms with E-state index >= 15 is 0 Å². The van der Waals surface area contributed by atoms with Gasteiger partial charge in [-0.15, -0.1) is 11.3 Å². The fraction of sp³-hybridized carbons (Fsp3) is 0. The van der Waals surface area contributed by atoms with Crippen molar-refractivity contribution in [2.24, 2.45) is 0 Å². The summed E-state index contributed by atoms with van der Waals surface area (Å²) in [4.78, 5) is 4.11. The van der Waals surface area contributed by atoms with Crippen molar-refractivity contribution in [3.05, 3.63) is 39.6 Å². The van der Waals surface area contributed by atoms with Crippen LogP contribution >= 0.6 is 27.3 Å². The van der Waals surface area contributed by atoms with E-state index in [2.05, 4.69) is 26.4 Å². The van der Waals surface area contributed by atoms with Crippen molar-refractivity contribution in [1.82, 2.24) is 4.98 Å². The summed E-state index contributed by atoms with van der Waals surface area (Å²) in [6, 6.07) is 8.03. The van der Waals surface area contributed by atoms with E-state index < -0.39 is 0 Å². The van der Waals surface area contributed by atoms with Gasteiger partial charge in [0, 0.05) is 15.4 Å². The Morgan fingerprint density at radius 1 is 1.33 bits per heavy atom. The zero-order valence-corrected chi connectivity index (χ0v) is 8.52. The van der Waals surface area contributed by atoms with Gasteiger partial charge < -0.3 is 0 Å². The number of aromatic nitrogens is 1. The highest BCUT2D eigenvalue weighted by Crippen LogP contribution is 2.26. The first-order valence-electron chi connectivity index (χ1n) is 3.44. The molecule has 0 aliphatic carbocycles. The van der Waals surface area contributed by atoms with E-state index in [-0.39, 0.29) is 0 Å². The van der Waals surface area contributed by atoms with Crippen molar-refractivity contribution >= 4 is 27.3 Å². The van der Waals surface area contributed by atoms with Crippen LogP contribution in [-0.4, -0.2) is 4.98 Å². The number of halogens is 1. The Morgan fingerprint density at radius 2 is 2.17 bits per heavy atom. The van der Waals surface area contributed by atoms with Gasteiger partial charge in [0.1, 0.15) is 0 Å². The van der Waals surface area contributed by atoms with Crippen molar-refractivity contribution in [1.29, 1.82) is 0 Å². The topological polar surface area (TPSA) is 12.9 Å². The SMILES string of the molecule is Brc1ccccc1-c1cs[c]n1. The summed E-state index contributed by atoms with van der Waals surface area (Å²) in [6.45, 7) is 0. The maximum absolute atomic E-state index is 4.11. The van der Waals surface area contributed by atoms with Gasteiger partial charge in [-0.25, -0.2) is 4.98 Å². The minimum atomic E-state index is 0.979. The molecule has 0 aliphatic rings. The summed E-state index contributed by atoms with van der Waals surface area (Å²) < 4.78 is 1.07. The molecule has 59 valence electrons. The van der Waals surface area contributed by atoms with Crippen LogP contribution < -0.4 is 0 Å². The molecule has 0 spiro atoms. The molecule has 1 nitrogen and oxygen atoms in total. The second-order valence-corrected chi connectivity index (χ2v) is 3.81. The van der Waals surface area contributed by atoms with Crippen LogP contribution in [-0.2, 0) is 0 Å². The third-order valence-electron chi connectivity index (χ3n) is 1.54. The molecule has 2 rings (SSSR count). The van der Waals surface area contributed by atoms with E-state index in [0.717, 1.165) is 15.7 Å². The quantitative estimate of drug-likeness (QED) is 0.743. The lowest BCUT2D eigenvalue weighted by Crippen LogP contribution is -1.77. The van der Waals surface area contributed by atoms with E-state index in [1.54, 1.807) is 0 Å². The molecule has 1 heterocycles. The average Bonchev–Trinajstić information content (AvgIpc) is 2.57. The molecule has 0 amide bonds. The molecule has 12 heavy (non-hydrogen) atoms. The Bertz CT molecular complexity index is 370. The Morgan fingerprint density at radius 3 is 2.83 bits per heavy atom. The Balaban J connectivity index is 2.55. The van der Waals surface area contributed by atoms with Gasteiger partial charge in [-0.1, -0.05) is 34.1 Å². The van der Waals surface area contributed by atoms with Gasteiger partial charge in [0.25, 0.3) is 0 Å². The highest BCUT2D eigenvalue weighted by Gasteiger charge is 2.02. The lowest BCUT2D eigenvalue weighted by molar-refractivity contribution is 1.39. The van der Waals surface area contributed by atoms with Crippen LogP contribution in [0.5, 0.6) is 0 Å². The number of hydrogen-bond acceptors (Lipinski definition) is 2. The van der Waals surface area contributed by atoms with Crippen LogP contribution in [0.3, 0.4) is 0 Å². The van der Waals surface area contributed by atoms with Crippen LogP contribution in [0.15, 0.2) is 34.1 Å². The Kier molecular flexibility index (Phi) is 2.23.